The number of rotatable bonds is 2. The van der Waals surface area contributed by atoms with Crippen LogP contribution in [0.15, 0.2) is 36.5 Å². The van der Waals surface area contributed by atoms with Crippen LogP contribution in [0.3, 0.4) is 0 Å². The van der Waals surface area contributed by atoms with Crippen LogP contribution in [0.5, 0.6) is 0 Å². The summed E-state index contributed by atoms with van der Waals surface area (Å²) >= 11 is 5.56. The SMILES string of the molecule is CC1Cc2cc(C(=S)N3CCC(F)(F)CC3)cnc2N1c1ccc(C#N)cc1. The number of anilines is 2. The molecule has 0 amide bonds. The third kappa shape index (κ3) is 3.45. The molecule has 1 unspecified atom stereocenters. The number of halogens is 2. The van der Waals surface area contributed by atoms with Crippen LogP contribution >= 0.6 is 12.2 Å². The van der Waals surface area contributed by atoms with Gasteiger partial charge in [0.25, 0.3) is 5.92 Å². The molecule has 0 radical (unpaired) electrons. The molecule has 2 aliphatic rings. The van der Waals surface area contributed by atoms with Crippen molar-refractivity contribution in [3.05, 3.63) is 53.2 Å². The highest BCUT2D eigenvalue weighted by Crippen LogP contribution is 2.37. The van der Waals surface area contributed by atoms with Crippen molar-refractivity contribution in [1.29, 1.82) is 5.26 Å². The number of likely N-dealkylation sites (tertiary alicyclic amines) is 1. The van der Waals surface area contributed by atoms with E-state index in [1.165, 1.54) is 0 Å². The summed E-state index contributed by atoms with van der Waals surface area (Å²) in [5, 5.41) is 8.99. The second-order valence-corrected chi connectivity index (χ2v) is 7.82. The van der Waals surface area contributed by atoms with Crippen LogP contribution in [-0.2, 0) is 6.42 Å². The molecule has 0 N–H and O–H groups in total. The van der Waals surface area contributed by atoms with Gasteiger partial charge in [-0.2, -0.15) is 5.26 Å². The van der Waals surface area contributed by atoms with Crippen LogP contribution in [0.4, 0.5) is 20.3 Å². The Balaban J connectivity index is 1.57. The first-order valence-corrected chi connectivity index (χ1v) is 9.74. The van der Waals surface area contributed by atoms with Crippen LogP contribution in [0.2, 0.25) is 0 Å². The van der Waals surface area contributed by atoms with Crippen molar-refractivity contribution in [3.63, 3.8) is 0 Å². The summed E-state index contributed by atoms with van der Waals surface area (Å²) in [5.41, 5.74) is 3.52. The zero-order valence-electron chi connectivity index (χ0n) is 15.5. The number of aromatic nitrogens is 1. The molecule has 2 aliphatic heterocycles. The van der Waals surface area contributed by atoms with Crippen molar-refractivity contribution in [2.24, 2.45) is 0 Å². The van der Waals surface area contributed by atoms with Gasteiger partial charge in [-0.15, -0.1) is 0 Å². The largest absolute Gasteiger partial charge is 0.362 e. The average Bonchev–Trinajstić information content (AvgIpc) is 3.02. The van der Waals surface area contributed by atoms with E-state index in [1.54, 1.807) is 18.3 Å². The average molecular weight is 398 g/mol. The van der Waals surface area contributed by atoms with Crippen LogP contribution in [0.25, 0.3) is 0 Å². The molecule has 144 valence electrons. The highest BCUT2D eigenvalue weighted by molar-refractivity contribution is 7.80. The zero-order chi connectivity index (χ0) is 19.9. The molecule has 1 saturated heterocycles. The fraction of sp³-hybridized carbons (Fsp3) is 0.381. The van der Waals surface area contributed by atoms with Crippen LogP contribution in [-0.4, -0.2) is 39.9 Å². The summed E-state index contributed by atoms with van der Waals surface area (Å²) in [6.45, 7) is 2.68. The summed E-state index contributed by atoms with van der Waals surface area (Å²) in [6, 6.07) is 11.9. The summed E-state index contributed by atoms with van der Waals surface area (Å²) in [7, 11) is 0. The Kier molecular flexibility index (Phi) is 4.76. The lowest BCUT2D eigenvalue weighted by molar-refractivity contribution is -0.0430. The van der Waals surface area contributed by atoms with Crippen molar-refractivity contribution < 1.29 is 8.78 Å². The van der Waals surface area contributed by atoms with E-state index in [2.05, 4.69) is 22.9 Å². The molecule has 2 aromatic rings. The van der Waals surface area contributed by atoms with E-state index in [4.69, 9.17) is 17.5 Å². The first-order chi connectivity index (χ1) is 13.4. The molecule has 4 rings (SSSR count). The van der Waals surface area contributed by atoms with E-state index >= 15 is 0 Å². The molecule has 28 heavy (non-hydrogen) atoms. The number of nitriles is 1. The number of thiocarbonyl (C=S) groups is 1. The predicted octanol–water partition coefficient (Wildman–Crippen LogP) is 4.44. The third-order valence-electron chi connectivity index (χ3n) is 5.43. The van der Waals surface area contributed by atoms with E-state index < -0.39 is 5.92 Å². The number of hydrogen-bond donors (Lipinski definition) is 0. The van der Waals surface area contributed by atoms with Gasteiger partial charge in [-0.3, -0.25) is 0 Å². The first kappa shape index (κ1) is 18.8. The number of fused-ring (bicyclic) bond motifs is 1. The summed E-state index contributed by atoms with van der Waals surface area (Å²) in [4.78, 5) is 9.26. The fourth-order valence-corrected chi connectivity index (χ4v) is 4.19. The number of benzene rings is 1. The second kappa shape index (κ2) is 7.10. The number of piperidine rings is 1. The highest BCUT2D eigenvalue weighted by atomic mass is 32.1. The molecule has 3 heterocycles. The molecule has 0 spiro atoms. The first-order valence-electron chi connectivity index (χ1n) is 9.33. The molecule has 1 fully saturated rings. The Bertz CT molecular complexity index is 942. The Morgan fingerprint density at radius 1 is 1.25 bits per heavy atom. The number of hydrogen-bond acceptors (Lipinski definition) is 4. The van der Waals surface area contributed by atoms with E-state index in [1.807, 2.05) is 23.1 Å². The summed E-state index contributed by atoms with van der Waals surface area (Å²) in [5.74, 6) is -1.70. The molecule has 0 aliphatic carbocycles. The fourth-order valence-electron chi connectivity index (χ4n) is 3.90. The molecule has 0 saturated carbocycles. The monoisotopic (exact) mass is 398 g/mol. The molecule has 1 aromatic heterocycles. The van der Waals surface area contributed by atoms with Crippen LogP contribution in [0, 0.1) is 11.3 Å². The Morgan fingerprint density at radius 3 is 2.57 bits per heavy atom. The standard InChI is InChI=1S/C21H20F2N4S/c1-14-10-16-11-17(20(28)26-8-6-21(22,23)7-9-26)13-25-19(16)27(14)18-4-2-15(12-24)3-5-18/h2-5,11,13-14H,6-10H2,1H3. The van der Waals surface area contributed by atoms with E-state index in [0.29, 0.717) is 10.6 Å². The van der Waals surface area contributed by atoms with Crippen LogP contribution < -0.4 is 4.90 Å². The van der Waals surface area contributed by atoms with Crippen molar-refractivity contribution in [1.82, 2.24) is 9.88 Å². The van der Waals surface area contributed by atoms with E-state index in [0.717, 1.165) is 29.1 Å². The van der Waals surface area contributed by atoms with E-state index in [9.17, 15) is 8.78 Å². The van der Waals surface area contributed by atoms with E-state index in [-0.39, 0.29) is 32.0 Å². The Hall–Kier alpha value is -2.59. The Labute approximate surface area is 168 Å². The van der Waals surface area contributed by atoms with Crippen molar-refractivity contribution in [2.45, 2.75) is 38.2 Å². The van der Waals surface area contributed by atoms with Crippen LogP contribution in [0.1, 0.15) is 36.5 Å². The number of alkyl halides is 2. The minimum absolute atomic E-state index is 0.158. The summed E-state index contributed by atoms with van der Waals surface area (Å²) in [6.07, 6.45) is 2.25. The highest BCUT2D eigenvalue weighted by Gasteiger charge is 2.35. The van der Waals surface area contributed by atoms with Gasteiger partial charge in [0.05, 0.1) is 11.6 Å². The van der Waals surface area contributed by atoms with Gasteiger partial charge in [0.2, 0.25) is 0 Å². The van der Waals surface area contributed by atoms with Gasteiger partial charge in [0, 0.05) is 49.4 Å². The zero-order valence-corrected chi connectivity index (χ0v) is 16.3. The van der Waals surface area contributed by atoms with Crippen molar-refractivity contribution in [3.8, 4) is 6.07 Å². The Morgan fingerprint density at radius 2 is 1.93 bits per heavy atom. The lowest BCUT2D eigenvalue weighted by atomic mass is 10.1. The minimum Gasteiger partial charge on any atom is -0.362 e. The van der Waals surface area contributed by atoms with Gasteiger partial charge >= 0.3 is 0 Å². The maximum Gasteiger partial charge on any atom is 0.251 e. The normalized spacial score (nSPS) is 20.6. The molecule has 1 atom stereocenters. The lowest BCUT2D eigenvalue weighted by Gasteiger charge is -2.33. The van der Waals surface area contributed by atoms with Gasteiger partial charge < -0.3 is 9.80 Å². The molecule has 0 bridgehead atoms. The van der Waals surface area contributed by atoms with Gasteiger partial charge in [-0.1, -0.05) is 12.2 Å². The number of pyridine rings is 1. The molecular formula is C21H20F2N4S. The quantitative estimate of drug-likeness (QED) is 0.700. The molecule has 4 nitrogen and oxygen atoms in total. The van der Waals surface area contributed by atoms with Gasteiger partial charge in [0.1, 0.15) is 10.8 Å². The molecule has 1 aromatic carbocycles. The molecular weight excluding hydrogens is 378 g/mol. The van der Waals surface area contributed by atoms with Gasteiger partial charge in [0.15, 0.2) is 0 Å². The van der Waals surface area contributed by atoms with Crippen molar-refractivity contribution in [2.75, 3.05) is 18.0 Å². The van der Waals surface area contributed by atoms with Gasteiger partial charge in [-0.25, -0.2) is 13.8 Å². The minimum atomic E-state index is -2.58. The number of nitrogens with zero attached hydrogens (tertiary/aromatic N) is 4. The maximum atomic E-state index is 13.4. The predicted molar refractivity (Wildman–Crippen MR) is 108 cm³/mol. The van der Waals surface area contributed by atoms with Gasteiger partial charge in [-0.05, 0) is 49.2 Å². The lowest BCUT2D eigenvalue weighted by Crippen LogP contribution is -2.42. The maximum absolute atomic E-state index is 13.4. The topological polar surface area (TPSA) is 43.2 Å². The molecule has 7 heteroatoms. The third-order valence-corrected chi connectivity index (χ3v) is 5.92. The van der Waals surface area contributed by atoms with Crippen molar-refractivity contribution >= 4 is 28.7 Å². The smallest absolute Gasteiger partial charge is 0.251 e. The summed E-state index contributed by atoms with van der Waals surface area (Å²) < 4.78 is 26.8. The second-order valence-electron chi connectivity index (χ2n) is 7.44.